The molecule has 4 rings (SSSR count). The van der Waals surface area contributed by atoms with Crippen molar-refractivity contribution in [2.24, 2.45) is 0 Å². The van der Waals surface area contributed by atoms with Gasteiger partial charge in [-0.25, -0.2) is 0 Å². The van der Waals surface area contributed by atoms with Crippen molar-refractivity contribution >= 4 is 17.5 Å². The molecule has 0 spiro atoms. The van der Waals surface area contributed by atoms with E-state index in [-0.39, 0.29) is 29.5 Å². The molecule has 2 heterocycles. The maximum absolute atomic E-state index is 13.4. The fourth-order valence-electron chi connectivity index (χ4n) is 5.16. The van der Waals surface area contributed by atoms with E-state index in [1.165, 1.54) is 43.5 Å². The van der Waals surface area contributed by atoms with Gasteiger partial charge in [-0.15, -0.1) is 0 Å². The van der Waals surface area contributed by atoms with Crippen molar-refractivity contribution < 1.29 is 14.5 Å². The SMILES string of the molecule is Cc1ccc(C(=O)N(C)C2CCCCC2)c(C2CCN(C(=O)c3ccc([N+](=O)[O-])cc3)CC2)n1. The number of pyridine rings is 1. The first-order chi connectivity index (χ1) is 16.3. The molecule has 34 heavy (non-hydrogen) atoms. The Balaban J connectivity index is 1.45. The van der Waals surface area contributed by atoms with Gasteiger partial charge in [0.05, 0.1) is 16.2 Å². The highest BCUT2D eigenvalue weighted by molar-refractivity contribution is 5.96. The van der Waals surface area contributed by atoms with Crippen LogP contribution in [0.3, 0.4) is 0 Å². The van der Waals surface area contributed by atoms with Gasteiger partial charge in [0.2, 0.25) is 0 Å². The fraction of sp³-hybridized carbons (Fsp3) is 0.500. The second-order valence-electron chi connectivity index (χ2n) is 9.46. The number of amides is 2. The largest absolute Gasteiger partial charge is 0.339 e. The molecule has 2 fully saturated rings. The van der Waals surface area contributed by atoms with Gasteiger partial charge in [0.15, 0.2) is 0 Å². The van der Waals surface area contributed by atoms with Crippen LogP contribution in [0.4, 0.5) is 5.69 Å². The second kappa shape index (κ2) is 10.3. The van der Waals surface area contributed by atoms with Gasteiger partial charge in [-0.3, -0.25) is 24.7 Å². The molecule has 2 amide bonds. The molecule has 0 unspecified atom stereocenters. The third kappa shape index (κ3) is 5.11. The number of non-ortho nitro benzene ring substituents is 1. The Morgan fingerprint density at radius 3 is 2.26 bits per heavy atom. The van der Waals surface area contributed by atoms with Gasteiger partial charge in [0, 0.05) is 55.5 Å². The molecule has 2 aliphatic rings. The highest BCUT2D eigenvalue weighted by Gasteiger charge is 2.31. The highest BCUT2D eigenvalue weighted by Crippen LogP contribution is 2.32. The molecule has 1 aromatic heterocycles. The molecule has 1 aliphatic heterocycles. The summed E-state index contributed by atoms with van der Waals surface area (Å²) in [4.78, 5) is 45.2. The number of nitro benzene ring substituents is 1. The first-order valence-electron chi connectivity index (χ1n) is 12.1. The average Bonchev–Trinajstić information content (AvgIpc) is 2.88. The Labute approximate surface area is 200 Å². The third-order valence-corrected chi connectivity index (χ3v) is 7.23. The molecular formula is C26H32N4O4. The van der Waals surface area contributed by atoms with Crippen molar-refractivity contribution in [1.29, 1.82) is 0 Å². The monoisotopic (exact) mass is 464 g/mol. The number of carbonyl (C=O) groups is 2. The molecule has 1 aromatic carbocycles. The van der Waals surface area contributed by atoms with Crippen LogP contribution in [-0.2, 0) is 0 Å². The molecule has 180 valence electrons. The van der Waals surface area contributed by atoms with Crippen LogP contribution in [0.15, 0.2) is 36.4 Å². The molecule has 8 heteroatoms. The van der Waals surface area contributed by atoms with Crippen LogP contribution >= 0.6 is 0 Å². The maximum Gasteiger partial charge on any atom is 0.269 e. The van der Waals surface area contributed by atoms with E-state index in [2.05, 4.69) is 0 Å². The zero-order valence-corrected chi connectivity index (χ0v) is 19.9. The van der Waals surface area contributed by atoms with Crippen molar-refractivity contribution in [1.82, 2.24) is 14.8 Å². The summed E-state index contributed by atoms with van der Waals surface area (Å²) < 4.78 is 0. The van der Waals surface area contributed by atoms with Gasteiger partial charge >= 0.3 is 0 Å². The molecule has 1 saturated heterocycles. The normalized spacial score (nSPS) is 17.4. The number of piperidine rings is 1. The number of aryl methyl sites for hydroxylation is 1. The van der Waals surface area contributed by atoms with Crippen molar-refractivity contribution in [3.8, 4) is 0 Å². The van der Waals surface area contributed by atoms with E-state index in [4.69, 9.17) is 4.98 Å². The molecule has 0 bridgehead atoms. The smallest absolute Gasteiger partial charge is 0.269 e. The van der Waals surface area contributed by atoms with Crippen molar-refractivity contribution in [3.05, 3.63) is 69.0 Å². The van der Waals surface area contributed by atoms with Crippen LogP contribution in [0.25, 0.3) is 0 Å². The van der Waals surface area contributed by atoms with Crippen molar-refractivity contribution in [2.75, 3.05) is 20.1 Å². The van der Waals surface area contributed by atoms with Crippen LogP contribution < -0.4 is 0 Å². The first kappa shape index (κ1) is 23.9. The van der Waals surface area contributed by atoms with Gasteiger partial charge in [0.1, 0.15) is 0 Å². The van der Waals surface area contributed by atoms with E-state index in [1.807, 2.05) is 31.0 Å². The molecule has 8 nitrogen and oxygen atoms in total. The Hall–Kier alpha value is -3.29. The van der Waals surface area contributed by atoms with E-state index in [1.54, 1.807) is 4.90 Å². The zero-order valence-electron chi connectivity index (χ0n) is 19.9. The van der Waals surface area contributed by atoms with Gasteiger partial charge in [-0.1, -0.05) is 19.3 Å². The summed E-state index contributed by atoms with van der Waals surface area (Å²) in [5.41, 5.74) is 2.82. The minimum atomic E-state index is -0.473. The molecule has 0 radical (unpaired) electrons. The lowest BCUT2D eigenvalue weighted by atomic mass is 9.88. The lowest BCUT2D eigenvalue weighted by Crippen LogP contribution is -2.40. The van der Waals surface area contributed by atoms with E-state index in [9.17, 15) is 19.7 Å². The van der Waals surface area contributed by atoms with Gasteiger partial charge in [-0.05, 0) is 56.9 Å². The summed E-state index contributed by atoms with van der Waals surface area (Å²) in [6.45, 7) is 3.06. The van der Waals surface area contributed by atoms with Gasteiger partial charge in [-0.2, -0.15) is 0 Å². The standard InChI is InChI=1S/C26H32N4O4/c1-18-8-13-23(26(32)28(2)21-6-4-3-5-7-21)24(27-18)19-14-16-29(17-15-19)25(31)20-9-11-22(12-10-20)30(33)34/h8-13,19,21H,3-7,14-17H2,1-2H3. The Bertz CT molecular complexity index is 1050. The topological polar surface area (TPSA) is 96.7 Å². The molecule has 0 atom stereocenters. The minimum Gasteiger partial charge on any atom is -0.339 e. The number of benzene rings is 1. The summed E-state index contributed by atoms with van der Waals surface area (Å²) in [5.74, 6) is 0.0252. The first-order valence-corrected chi connectivity index (χ1v) is 12.1. The fourth-order valence-corrected chi connectivity index (χ4v) is 5.16. The number of carbonyl (C=O) groups excluding carboxylic acids is 2. The number of nitro groups is 1. The predicted molar refractivity (Wildman–Crippen MR) is 129 cm³/mol. The number of likely N-dealkylation sites (tertiary alicyclic amines) is 1. The summed E-state index contributed by atoms with van der Waals surface area (Å²) in [6.07, 6.45) is 7.14. The lowest BCUT2D eigenvalue weighted by Gasteiger charge is -2.34. The summed E-state index contributed by atoms with van der Waals surface area (Å²) >= 11 is 0. The number of hydrogen-bond donors (Lipinski definition) is 0. The Kier molecular flexibility index (Phi) is 7.24. The molecule has 2 aromatic rings. The molecular weight excluding hydrogens is 432 g/mol. The number of nitrogens with zero attached hydrogens (tertiary/aromatic N) is 4. The van der Waals surface area contributed by atoms with Crippen molar-refractivity contribution in [3.63, 3.8) is 0 Å². The second-order valence-corrected chi connectivity index (χ2v) is 9.46. The Morgan fingerprint density at radius 2 is 1.65 bits per heavy atom. The zero-order chi connectivity index (χ0) is 24.2. The van der Waals surface area contributed by atoms with Crippen LogP contribution in [-0.4, -0.2) is 57.7 Å². The highest BCUT2D eigenvalue weighted by atomic mass is 16.6. The quantitative estimate of drug-likeness (QED) is 0.471. The van der Waals surface area contributed by atoms with Crippen LogP contribution in [0.2, 0.25) is 0 Å². The average molecular weight is 465 g/mol. The van der Waals surface area contributed by atoms with Crippen LogP contribution in [0.1, 0.15) is 83.0 Å². The van der Waals surface area contributed by atoms with Gasteiger partial charge in [0.25, 0.3) is 17.5 Å². The van der Waals surface area contributed by atoms with E-state index in [0.717, 1.165) is 37.1 Å². The summed E-state index contributed by atoms with van der Waals surface area (Å²) in [5, 5.41) is 10.9. The van der Waals surface area contributed by atoms with E-state index < -0.39 is 4.92 Å². The summed E-state index contributed by atoms with van der Waals surface area (Å²) in [6, 6.07) is 9.83. The van der Waals surface area contributed by atoms with Crippen LogP contribution in [0, 0.1) is 17.0 Å². The molecule has 1 saturated carbocycles. The maximum atomic E-state index is 13.4. The summed E-state index contributed by atoms with van der Waals surface area (Å²) in [7, 11) is 1.91. The van der Waals surface area contributed by atoms with Crippen LogP contribution in [0.5, 0.6) is 0 Å². The minimum absolute atomic E-state index is 0.0313. The lowest BCUT2D eigenvalue weighted by molar-refractivity contribution is -0.384. The molecule has 1 aliphatic carbocycles. The third-order valence-electron chi connectivity index (χ3n) is 7.23. The van der Waals surface area contributed by atoms with Gasteiger partial charge < -0.3 is 9.80 Å². The predicted octanol–water partition coefficient (Wildman–Crippen LogP) is 4.72. The molecule has 0 N–H and O–H groups in total. The Morgan fingerprint density at radius 1 is 1.00 bits per heavy atom. The van der Waals surface area contributed by atoms with Crippen molar-refractivity contribution in [2.45, 2.75) is 63.8 Å². The number of rotatable bonds is 5. The van der Waals surface area contributed by atoms with E-state index in [0.29, 0.717) is 24.2 Å². The van der Waals surface area contributed by atoms with E-state index >= 15 is 0 Å². The number of hydrogen-bond acceptors (Lipinski definition) is 5. The number of aromatic nitrogens is 1.